The summed E-state index contributed by atoms with van der Waals surface area (Å²) < 4.78 is 7.33. The first kappa shape index (κ1) is 6.92. The minimum Gasteiger partial charge on any atom is -0.373 e. The van der Waals surface area contributed by atoms with Crippen LogP contribution in [0.15, 0.2) is 24.5 Å². The molecule has 11 heavy (non-hydrogen) atoms. The van der Waals surface area contributed by atoms with Gasteiger partial charge in [0.05, 0.1) is 12.7 Å². The average molecular weight is 151 g/mol. The highest BCUT2D eigenvalue weighted by Gasteiger charge is 2.20. The van der Waals surface area contributed by atoms with Gasteiger partial charge in [0.2, 0.25) is 0 Å². The zero-order valence-corrected chi connectivity index (χ0v) is 6.57. The van der Waals surface area contributed by atoms with Gasteiger partial charge in [-0.25, -0.2) is 0 Å². The number of nitrogens with zero attached hydrogens (tertiary/aromatic N) is 1. The van der Waals surface area contributed by atoms with Gasteiger partial charge in [0, 0.05) is 18.9 Å². The molecule has 0 unspecified atom stereocenters. The van der Waals surface area contributed by atoms with E-state index in [9.17, 15) is 0 Å². The number of hydrogen-bond donors (Lipinski definition) is 0. The number of hydrogen-bond acceptors (Lipinski definition) is 1. The highest BCUT2D eigenvalue weighted by atomic mass is 16.6. The van der Waals surface area contributed by atoms with E-state index >= 15 is 0 Å². The second-order valence-corrected chi connectivity index (χ2v) is 3.02. The van der Waals surface area contributed by atoms with Crippen molar-refractivity contribution < 1.29 is 4.74 Å². The van der Waals surface area contributed by atoms with Crippen LogP contribution in [-0.4, -0.2) is 17.3 Å². The van der Waals surface area contributed by atoms with Crippen molar-refractivity contribution in [2.45, 2.75) is 25.5 Å². The second-order valence-electron chi connectivity index (χ2n) is 3.02. The molecule has 0 N–H and O–H groups in total. The fourth-order valence-corrected chi connectivity index (χ4v) is 1.26. The fourth-order valence-electron chi connectivity index (χ4n) is 1.26. The molecule has 1 fully saturated rings. The van der Waals surface area contributed by atoms with Crippen LogP contribution in [0.2, 0.25) is 0 Å². The molecule has 1 atom stereocenters. The number of aromatic nitrogens is 1. The number of ether oxygens (including phenoxy) is 1. The summed E-state index contributed by atoms with van der Waals surface area (Å²) in [5, 5.41) is 0. The van der Waals surface area contributed by atoms with Gasteiger partial charge in [0.25, 0.3) is 0 Å². The molecule has 1 aromatic heterocycles. The van der Waals surface area contributed by atoms with Crippen LogP contribution in [0.3, 0.4) is 0 Å². The minimum atomic E-state index is 0.588. The normalized spacial score (nSPS) is 22.0. The maximum atomic E-state index is 5.12. The molecular formula is C9H13NO. The molecule has 60 valence electrons. The van der Waals surface area contributed by atoms with E-state index in [2.05, 4.69) is 29.1 Å². The molecule has 0 amide bonds. The Morgan fingerprint density at radius 1 is 1.36 bits per heavy atom. The molecule has 0 saturated carbocycles. The Morgan fingerprint density at radius 3 is 2.73 bits per heavy atom. The zero-order chi connectivity index (χ0) is 7.52. The predicted octanol–water partition coefficient (Wildman–Crippen LogP) is 1.67. The quantitative estimate of drug-likeness (QED) is 0.598. The molecule has 0 aromatic carbocycles. The molecule has 0 bridgehead atoms. The lowest BCUT2D eigenvalue weighted by atomic mass is 10.2. The van der Waals surface area contributed by atoms with Crippen LogP contribution in [0.4, 0.5) is 0 Å². The predicted molar refractivity (Wildman–Crippen MR) is 43.4 cm³/mol. The standard InChI is InChI=1S/C9H13NO/c1-2-6-10(5-1)7-3-4-9-8-11-9/h1-2,5-6,9H,3-4,7-8H2/t9-/m1/s1. The van der Waals surface area contributed by atoms with Gasteiger partial charge < -0.3 is 9.30 Å². The maximum Gasteiger partial charge on any atom is 0.0810 e. The van der Waals surface area contributed by atoms with Crippen LogP contribution in [-0.2, 0) is 11.3 Å². The van der Waals surface area contributed by atoms with Crippen LogP contribution < -0.4 is 0 Å². The van der Waals surface area contributed by atoms with Crippen molar-refractivity contribution in [1.82, 2.24) is 4.57 Å². The number of epoxide rings is 1. The average Bonchev–Trinajstić information content (AvgIpc) is 2.66. The van der Waals surface area contributed by atoms with Crippen LogP contribution in [0, 0.1) is 0 Å². The lowest BCUT2D eigenvalue weighted by Gasteiger charge is -1.99. The van der Waals surface area contributed by atoms with Crippen molar-refractivity contribution in [2.24, 2.45) is 0 Å². The molecule has 1 aliphatic heterocycles. The number of aryl methyl sites for hydroxylation is 1. The van der Waals surface area contributed by atoms with Gasteiger partial charge in [-0.05, 0) is 25.0 Å². The molecular weight excluding hydrogens is 138 g/mol. The third-order valence-corrected chi connectivity index (χ3v) is 2.01. The zero-order valence-electron chi connectivity index (χ0n) is 6.57. The monoisotopic (exact) mass is 151 g/mol. The van der Waals surface area contributed by atoms with E-state index in [1.165, 1.54) is 12.8 Å². The molecule has 2 heterocycles. The maximum absolute atomic E-state index is 5.12. The van der Waals surface area contributed by atoms with Gasteiger partial charge in [0.15, 0.2) is 0 Å². The smallest absolute Gasteiger partial charge is 0.0810 e. The van der Waals surface area contributed by atoms with Crippen molar-refractivity contribution >= 4 is 0 Å². The lowest BCUT2D eigenvalue weighted by Crippen LogP contribution is -1.95. The Bertz CT molecular complexity index is 201. The highest BCUT2D eigenvalue weighted by Crippen LogP contribution is 2.15. The Balaban J connectivity index is 1.66. The van der Waals surface area contributed by atoms with E-state index in [-0.39, 0.29) is 0 Å². The van der Waals surface area contributed by atoms with Crippen molar-refractivity contribution in [2.75, 3.05) is 6.61 Å². The molecule has 2 nitrogen and oxygen atoms in total. The summed E-state index contributed by atoms with van der Waals surface area (Å²) in [6.07, 6.45) is 7.25. The summed E-state index contributed by atoms with van der Waals surface area (Å²) in [7, 11) is 0. The highest BCUT2D eigenvalue weighted by molar-refractivity contribution is 4.90. The third kappa shape index (κ3) is 2.09. The Hall–Kier alpha value is -0.760. The molecule has 1 aromatic rings. The van der Waals surface area contributed by atoms with E-state index < -0.39 is 0 Å². The molecule has 1 saturated heterocycles. The van der Waals surface area contributed by atoms with Crippen molar-refractivity contribution in [3.05, 3.63) is 24.5 Å². The van der Waals surface area contributed by atoms with Crippen LogP contribution in [0.5, 0.6) is 0 Å². The molecule has 2 heteroatoms. The van der Waals surface area contributed by atoms with Gasteiger partial charge in [0.1, 0.15) is 0 Å². The lowest BCUT2D eigenvalue weighted by molar-refractivity contribution is 0.386. The molecule has 0 radical (unpaired) electrons. The van der Waals surface area contributed by atoms with Gasteiger partial charge in [-0.1, -0.05) is 0 Å². The Kier molecular flexibility index (Phi) is 1.95. The number of rotatable bonds is 4. The summed E-state index contributed by atoms with van der Waals surface area (Å²) in [4.78, 5) is 0. The molecule has 0 spiro atoms. The van der Waals surface area contributed by atoms with Crippen molar-refractivity contribution in [1.29, 1.82) is 0 Å². The van der Waals surface area contributed by atoms with Gasteiger partial charge >= 0.3 is 0 Å². The van der Waals surface area contributed by atoms with Gasteiger partial charge in [-0.15, -0.1) is 0 Å². The van der Waals surface area contributed by atoms with Crippen LogP contribution >= 0.6 is 0 Å². The van der Waals surface area contributed by atoms with Gasteiger partial charge in [-0.3, -0.25) is 0 Å². The second kappa shape index (κ2) is 3.09. The Labute approximate surface area is 66.8 Å². The fraction of sp³-hybridized carbons (Fsp3) is 0.556. The first-order valence-electron chi connectivity index (χ1n) is 4.17. The SMILES string of the molecule is c1ccn(CCC[C@@H]2CO2)c1. The van der Waals surface area contributed by atoms with Crippen molar-refractivity contribution in [3.8, 4) is 0 Å². The van der Waals surface area contributed by atoms with Gasteiger partial charge in [-0.2, -0.15) is 0 Å². The van der Waals surface area contributed by atoms with E-state index in [1.807, 2.05) is 0 Å². The van der Waals surface area contributed by atoms with E-state index in [1.54, 1.807) is 0 Å². The summed E-state index contributed by atoms with van der Waals surface area (Å²) in [5.74, 6) is 0. The Morgan fingerprint density at radius 2 is 2.09 bits per heavy atom. The summed E-state index contributed by atoms with van der Waals surface area (Å²) >= 11 is 0. The van der Waals surface area contributed by atoms with E-state index in [0.717, 1.165) is 13.2 Å². The topological polar surface area (TPSA) is 17.5 Å². The van der Waals surface area contributed by atoms with Crippen LogP contribution in [0.1, 0.15) is 12.8 Å². The first-order chi connectivity index (χ1) is 5.45. The molecule has 0 aliphatic carbocycles. The van der Waals surface area contributed by atoms with E-state index in [0.29, 0.717) is 6.10 Å². The first-order valence-corrected chi connectivity index (χ1v) is 4.17. The largest absolute Gasteiger partial charge is 0.373 e. The molecule has 2 rings (SSSR count). The van der Waals surface area contributed by atoms with E-state index in [4.69, 9.17) is 4.74 Å². The summed E-state index contributed by atoms with van der Waals surface area (Å²) in [6.45, 7) is 2.12. The third-order valence-electron chi connectivity index (χ3n) is 2.01. The van der Waals surface area contributed by atoms with Crippen LogP contribution in [0.25, 0.3) is 0 Å². The van der Waals surface area contributed by atoms with Crippen molar-refractivity contribution in [3.63, 3.8) is 0 Å². The summed E-state index contributed by atoms with van der Waals surface area (Å²) in [5.41, 5.74) is 0. The minimum absolute atomic E-state index is 0.588. The molecule has 1 aliphatic rings. The summed E-state index contributed by atoms with van der Waals surface area (Å²) in [6, 6.07) is 4.13.